The fraction of sp³-hybridized carbons (Fsp3) is 0.294. The van der Waals surface area contributed by atoms with Crippen LogP contribution in [0.3, 0.4) is 0 Å². The fourth-order valence-electron chi connectivity index (χ4n) is 4.21. The van der Waals surface area contributed by atoms with Gasteiger partial charge in [0.15, 0.2) is 0 Å². The van der Waals surface area contributed by atoms with Gasteiger partial charge in [0.05, 0.1) is 0 Å². The summed E-state index contributed by atoms with van der Waals surface area (Å²) in [6.45, 7) is 0. The Balaban J connectivity index is 1.58. The van der Waals surface area contributed by atoms with Crippen LogP contribution in [-0.2, 0) is 0 Å². The third-order valence-electron chi connectivity index (χ3n) is 4.97. The van der Waals surface area contributed by atoms with Gasteiger partial charge >= 0.3 is 0 Å². The van der Waals surface area contributed by atoms with E-state index in [-0.39, 0.29) is 0 Å². The Morgan fingerprint density at radius 2 is 1.00 bits per heavy atom. The van der Waals surface area contributed by atoms with Gasteiger partial charge in [0.2, 0.25) is 0 Å². The minimum Gasteiger partial charge on any atom is -0.0798 e. The smallest absolute Gasteiger partial charge is 0.00140 e. The van der Waals surface area contributed by atoms with Gasteiger partial charge in [0.25, 0.3) is 0 Å². The Hall–Kier alpha value is -1.56. The zero-order valence-electron chi connectivity index (χ0n) is 9.84. The van der Waals surface area contributed by atoms with Crippen LogP contribution in [0.4, 0.5) is 0 Å². The molecule has 0 radical (unpaired) electrons. The summed E-state index contributed by atoms with van der Waals surface area (Å²) in [5, 5.41) is 0. The van der Waals surface area contributed by atoms with Crippen molar-refractivity contribution >= 4 is 0 Å². The van der Waals surface area contributed by atoms with E-state index >= 15 is 0 Å². The van der Waals surface area contributed by atoms with Crippen LogP contribution in [0.2, 0.25) is 0 Å². The molecule has 0 fully saturated rings. The minimum absolute atomic E-state index is 1.19. The number of allylic oxidation sites excluding steroid dienone is 12. The molecule has 0 nitrogen and oxygen atoms in total. The van der Waals surface area contributed by atoms with E-state index in [4.69, 9.17) is 0 Å². The third kappa shape index (κ3) is 0.878. The van der Waals surface area contributed by atoms with Gasteiger partial charge in [-0.1, -0.05) is 24.3 Å². The van der Waals surface area contributed by atoms with Gasteiger partial charge in [-0.25, -0.2) is 0 Å². The first-order chi connectivity index (χ1) is 8.42. The van der Waals surface area contributed by atoms with E-state index in [2.05, 4.69) is 24.3 Å². The highest BCUT2D eigenvalue weighted by Gasteiger charge is 2.37. The third-order valence-corrected chi connectivity index (χ3v) is 4.97. The Kier molecular flexibility index (Phi) is 1.32. The number of hydrogen-bond donors (Lipinski definition) is 0. The van der Waals surface area contributed by atoms with E-state index in [1.165, 1.54) is 32.1 Å². The highest BCUT2D eigenvalue weighted by Crippen LogP contribution is 2.56. The van der Waals surface area contributed by atoms with Crippen molar-refractivity contribution in [1.82, 2.24) is 0 Å². The summed E-state index contributed by atoms with van der Waals surface area (Å²) in [5.74, 6) is 0. The van der Waals surface area contributed by atoms with Crippen molar-refractivity contribution in [3.63, 3.8) is 0 Å². The molecule has 17 heavy (non-hydrogen) atoms. The first kappa shape index (κ1) is 8.52. The van der Waals surface area contributed by atoms with Gasteiger partial charge in [-0.15, -0.1) is 0 Å². The summed E-state index contributed by atoms with van der Waals surface area (Å²) >= 11 is 0. The number of hydrogen-bond acceptors (Lipinski definition) is 0. The summed E-state index contributed by atoms with van der Waals surface area (Å²) in [4.78, 5) is 0. The molecule has 82 valence electrons. The van der Waals surface area contributed by atoms with Crippen molar-refractivity contribution in [2.75, 3.05) is 0 Å². The van der Waals surface area contributed by atoms with Crippen LogP contribution in [0.15, 0.2) is 68.9 Å². The van der Waals surface area contributed by atoms with Gasteiger partial charge in [-0.2, -0.15) is 0 Å². The molecule has 0 saturated heterocycles. The lowest BCUT2D eigenvalue weighted by Gasteiger charge is -2.07. The maximum atomic E-state index is 2.35. The Morgan fingerprint density at radius 3 is 1.53 bits per heavy atom. The van der Waals surface area contributed by atoms with E-state index < -0.39 is 0 Å². The molecule has 0 unspecified atom stereocenters. The van der Waals surface area contributed by atoms with Crippen LogP contribution in [-0.4, -0.2) is 0 Å². The standard InChI is InChI=1S/C17H14/c1-3-10-7-14-15-8-11-4-2-6-13(11)17(15)9-16(14)12(10)5-1/h1-4H,5-9H2. The summed E-state index contributed by atoms with van der Waals surface area (Å²) < 4.78 is 0. The predicted molar refractivity (Wildman–Crippen MR) is 69.5 cm³/mol. The van der Waals surface area contributed by atoms with Gasteiger partial charge in [-0.3, -0.25) is 0 Å². The fourth-order valence-corrected chi connectivity index (χ4v) is 4.21. The largest absolute Gasteiger partial charge is 0.0798 e. The molecule has 0 aromatic carbocycles. The highest BCUT2D eigenvalue weighted by molar-refractivity contribution is 5.73. The zero-order valence-corrected chi connectivity index (χ0v) is 9.84. The van der Waals surface area contributed by atoms with Crippen LogP contribution in [0.5, 0.6) is 0 Å². The van der Waals surface area contributed by atoms with E-state index in [0.29, 0.717) is 0 Å². The maximum absolute atomic E-state index is 2.35. The topological polar surface area (TPSA) is 0 Å². The minimum atomic E-state index is 1.19. The van der Waals surface area contributed by atoms with E-state index in [1.54, 1.807) is 44.6 Å². The normalized spacial score (nSPS) is 27.8. The molecule has 0 heteroatoms. The van der Waals surface area contributed by atoms with Gasteiger partial charge in [0.1, 0.15) is 0 Å². The van der Waals surface area contributed by atoms with Crippen molar-refractivity contribution in [2.45, 2.75) is 32.1 Å². The van der Waals surface area contributed by atoms with Gasteiger partial charge in [-0.05, 0) is 76.7 Å². The molecule has 0 saturated carbocycles. The van der Waals surface area contributed by atoms with Crippen LogP contribution in [0.25, 0.3) is 0 Å². The maximum Gasteiger partial charge on any atom is -0.00140 e. The second kappa shape index (κ2) is 2.64. The lowest BCUT2D eigenvalue weighted by Crippen LogP contribution is -1.89. The molecule has 0 amide bonds. The monoisotopic (exact) mass is 218 g/mol. The van der Waals surface area contributed by atoms with Crippen LogP contribution in [0.1, 0.15) is 32.1 Å². The molecule has 0 spiro atoms. The number of rotatable bonds is 0. The first-order valence-electron chi connectivity index (χ1n) is 6.64. The summed E-state index contributed by atoms with van der Waals surface area (Å²) in [5.41, 5.74) is 13.4. The highest BCUT2D eigenvalue weighted by atomic mass is 14.4. The van der Waals surface area contributed by atoms with Crippen molar-refractivity contribution in [3.8, 4) is 0 Å². The zero-order chi connectivity index (χ0) is 11.0. The molecular weight excluding hydrogens is 204 g/mol. The van der Waals surface area contributed by atoms with Crippen LogP contribution in [0, 0.1) is 0 Å². The predicted octanol–water partition coefficient (Wildman–Crippen LogP) is 4.30. The molecule has 0 heterocycles. The first-order valence-corrected chi connectivity index (χ1v) is 6.64. The quantitative estimate of drug-likeness (QED) is 0.568. The van der Waals surface area contributed by atoms with Crippen molar-refractivity contribution in [2.24, 2.45) is 0 Å². The Morgan fingerprint density at radius 1 is 0.529 bits per heavy atom. The van der Waals surface area contributed by atoms with Crippen molar-refractivity contribution in [1.29, 1.82) is 0 Å². The molecule has 5 aliphatic rings. The molecule has 5 aliphatic carbocycles. The second-order valence-corrected chi connectivity index (χ2v) is 5.67. The molecular formula is C17H14. The Labute approximate surface area is 101 Å². The van der Waals surface area contributed by atoms with Crippen LogP contribution >= 0.6 is 0 Å². The molecule has 0 atom stereocenters. The van der Waals surface area contributed by atoms with E-state index in [0.717, 1.165) is 0 Å². The van der Waals surface area contributed by atoms with Gasteiger partial charge < -0.3 is 0 Å². The molecule has 0 bridgehead atoms. The molecule has 5 rings (SSSR count). The van der Waals surface area contributed by atoms with Crippen molar-refractivity contribution < 1.29 is 0 Å². The lowest BCUT2D eigenvalue weighted by molar-refractivity contribution is 1.10. The summed E-state index contributed by atoms with van der Waals surface area (Å²) in [6.07, 6.45) is 15.4. The molecule has 0 aliphatic heterocycles. The average Bonchev–Trinajstić information content (AvgIpc) is 2.99. The van der Waals surface area contributed by atoms with Gasteiger partial charge in [0, 0.05) is 0 Å². The lowest BCUT2D eigenvalue weighted by atomic mass is 9.97. The average molecular weight is 218 g/mol. The SMILES string of the molecule is C1=CC2=C(C1)C1=C(C2)C2=C(C1)C1=C(C=CC1)C2. The molecule has 0 N–H and O–H groups in total. The molecule has 0 aromatic heterocycles. The van der Waals surface area contributed by atoms with E-state index in [9.17, 15) is 0 Å². The second-order valence-electron chi connectivity index (χ2n) is 5.67. The van der Waals surface area contributed by atoms with Crippen LogP contribution < -0.4 is 0 Å². The summed E-state index contributed by atoms with van der Waals surface area (Å²) in [7, 11) is 0. The number of fused-ring (bicyclic) bond motifs is 3. The van der Waals surface area contributed by atoms with Crippen molar-refractivity contribution in [3.05, 3.63) is 68.9 Å². The molecule has 0 aromatic rings. The van der Waals surface area contributed by atoms with E-state index in [1.807, 2.05) is 0 Å². The summed E-state index contributed by atoms with van der Waals surface area (Å²) in [6, 6.07) is 0. The Bertz CT molecular complexity index is 596.